The van der Waals surface area contributed by atoms with Crippen molar-refractivity contribution in [2.75, 3.05) is 36.5 Å². The summed E-state index contributed by atoms with van der Waals surface area (Å²) in [6.45, 7) is 5.27. The van der Waals surface area contributed by atoms with Crippen molar-refractivity contribution in [3.63, 3.8) is 0 Å². The van der Waals surface area contributed by atoms with Gasteiger partial charge in [0.1, 0.15) is 0 Å². The van der Waals surface area contributed by atoms with Crippen LogP contribution in [0.5, 0.6) is 0 Å². The van der Waals surface area contributed by atoms with Crippen molar-refractivity contribution < 1.29 is 14.3 Å². The third-order valence-corrected chi connectivity index (χ3v) is 5.47. The van der Waals surface area contributed by atoms with Gasteiger partial charge in [-0.25, -0.2) is 0 Å². The molecule has 2 aromatic rings. The van der Waals surface area contributed by atoms with Crippen LogP contribution < -0.4 is 10.2 Å². The smallest absolute Gasteiger partial charge is 0.228 e. The average Bonchev–Trinajstić information content (AvgIpc) is 3.13. The Kier molecular flexibility index (Phi) is 5.14. The molecule has 5 heteroatoms. The summed E-state index contributed by atoms with van der Waals surface area (Å²) in [6.07, 6.45) is 2.17. The molecule has 0 saturated carbocycles. The molecule has 0 bridgehead atoms. The number of amides is 1. The van der Waals surface area contributed by atoms with Gasteiger partial charge in [-0.3, -0.25) is 4.79 Å². The maximum atomic E-state index is 12.3. The summed E-state index contributed by atoms with van der Waals surface area (Å²) < 4.78 is 11.6. The van der Waals surface area contributed by atoms with Crippen molar-refractivity contribution in [3.05, 3.63) is 59.7 Å². The van der Waals surface area contributed by atoms with Gasteiger partial charge in [0.15, 0.2) is 5.79 Å². The molecule has 4 rings (SSSR count). The maximum absolute atomic E-state index is 12.3. The fourth-order valence-corrected chi connectivity index (χ4v) is 3.83. The zero-order valence-corrected chi connectivity index (χ0v) is 15.7. The summed E-state index contributed by atoms with van der Waals surface area (Å²) in [7, 11) is 0. The quantitative estimate of drug-likeness (QED) is 0.900. The van der Waals surface area contributed by atoms with Crippen LogP contribution in [0.4, 0.5) is 11.4 Å². The summed E-state index contributed by atoms with van der Waals surface area (Å²) in [5, 5.41) is 2.99. The van der Waals surface area contributed by atoms with Gasteiger partial charge in [0.25, 0.3) is 0 Å². The first-order valence-electron chi connectivity index (χ1n) is 9.61. The molecule has 1 N–H and O–H groups in total. The van der Waals surface area contributed by atoms with E-state index in [9.17, 15) is 4.79 Å². The second-order valence-electron chi connectivity index (χ2n) is 7.29. The molecule has 27 heavy (non-hydrogen) atoms. The second-order valence-corrected chi connectivity index (χ2v) is 7.29. The van der Waals surface area contributed by atoms with Crippen LogP contribution in [0.1, 0.15) is 24.0 Å². The largest absolute Gasteiger partial charge is 0.371 e. The number of nitrogens with zero attached hydrogens (tertiary/aromatic N) is 1. The number of piperidine rings is 1. The summed E-state index contributed by atoms with van der Waals surface area (Å²) in [6, 6.07) is 16.1. The lowest BCUT2D eigenvalue weighted by atomic mass is 10.0. The second kappa shape index (κ2) is 7.71. The van der Waals surface area contributed by atoms with Crippen LogP contribution in [0, 0.1) is 6.92 Å². The van der Waals surface area contributed by atoms with Crippen LogP contribution in [0.3, 0.4) is 0 Å². The van der Waals surface area contributed by atoms with Crippen molar-refractivity contribution in [3.8, 4) is 0 Å². The minimum atomic E-state index is -0.347. The van der Waals surface area contributed by atoms with Crippen molar-refractivity contribution in [1.82, 2.24) is 0 Å². The van der Waals surface area contributed by atoms with E-state index in [0.29, 0.717) is 19.6 Å². The number of benzene rings is 2. The van der Waals surface area contributed by atoms with Crippen molar-refractivity contribution in [2.45, 2.75) is 32.0 Å². The number of aryl methyl sites for hydroxylation is 1. The van der Waals surface area contributed by atoms with E-state index in [1.807, 2.05) is 43.3 Å². The van der Waals surface area contributed by atoms with Crippen LogP contribution in [-0.4, -0.2) is 38.0 Å². The topological polar surface area (TPSA) is 50.8 Å². The maximum Gasteiger partial charge on any atom is 0.228 e. The Labute approximate surface area is 160 Å². The van der Waals surface area contributed by atoms with Gasteiger partial charge >= 0.3 is 0 Å². The van der Waals surface area contributed by atoms with Gasteiger partial charge in [-0.15, -0.1) is 0 Å². The molecule has 2 aromatic carbocycles. The molecule has 0 radical (unpaired) electrons. The first-order valence-corrected chi connectivity index (χ1v) is 9.61. The fourth-order valence-electron chi connectivity index (χ4n) is 3.83. The van der Waals surface area contributed by atoms with Crippen LogP contribution in [-0.2, 0) is 20.7 Å². The van der Waals surface area contributed by atoms with E-state index in [-0.39, 0.29) is 11.7 Å². The Balaban J connectivity index is 1.32. The summed E-state index contributed by atoms with van der Waals surface area (Å²) in [5.74, 6) is -0.340. The van der Waals surface area contributed by atoms with Crippen molar-refractivity contribution >= 4 is 17.3 Å². The predicted molar refractivity (Wildman–Crippen MR) is 106 cm³/mol. The minimum Gasteiger partial charge on any atom is -0.371 e. The van der Waals surface area contributed by atoms with Crippen molar-refractivity contribution in [2.24, 2.45) is 0 Å². The molecular formula is C22H26N2O3. The number of carbonyl (C=O) groups is 1. The molecular weight excluding hydrogens is 340 g/mol. The van der Waals surface area contributed by atoms with E-state index >= 15 is 0 Å². The SMILES string of the molecule is Cc1ccccc1CC(=O)Nc1ccc(N2CCC3(CC2)OCCO3)cc1. The molecule has 0 atom stereocenters. The zero-order chi connectivity index (χ0) is 18.7. The molecule has 1 spiro atoms. The average molecular weight is 366 g/mol. The molecule has 142 valence electrons. The first kappa shape index (κ1) is 18.0. The third kappa shape index (κ3) is 4.15. The standard InChI is InChI=1S/C22H26N2O3/c1-17-4-2-3-5-18(17)16-21(25)23-19-6-8-20(9-7-19)24-12-10-22(11-13-24)26-14-15-27-22/h2-9H,10-16H2,1H3,(H,23,25). The fraction of sp³-hybridized carbons (Fsp3) is 0.409. The highest BCUT2D eigenvalue weighted by Crippen LogP contribution is 2.33. The van der Waals surface area contributed by atoms with E-state index < -0.39 is 0 Å². The highest BCUT2D eigenvalue weighted by atomic mass is 16.7. The summed E-state index contributed by atoms with van der Waals surface area (Å²) in [4.78, 5) is 14.7. The van der Waals surface area contributed by atoms with Crippen LogP contribution >= 0.6 is 0 Å². The first-order chi connectivity index (χ1) is 13.1. The molecule has 1 amide bonds. The molecule has 2 aliphatic rings. The number of hydrogen-bond donors (Lipinski definition) is 1. The van der Waals surface area contributed by atoms with Gasteiger partial charge in [-0.2, -0.15) is 0 Å². The van der Waals surface area contributed by atoms with Crippen LogP contribution in [0.2, 0.25) is 0 Å². The number of nitrogens with one attached hydrogen (secondary N) is 1. The van der Waals surface area contributed by atoms with E-state index in [1.165, 1.54) is 5.69 Å². The summed E-state index contributed by atoms with van der Waals surface area (Å²) >= 11 is 0. The van der Waals surface area contributed by atoms with Gasteiger partial charge in [0.2, 0.25) is 5.91 Å². The lowest BCUT2D eigenvalue weighted by Gasteiger charge is -2.38. The van der Waals surface area contributed by atoms with Gasteiger partial charge in [-0.1, -0.05) is 24.3 Å². The Hall–Kier alpha value is -2.37. The number of ether oxygens (including phenoxy) is 2. The highest BCUT2D eigenvalue weighted by molar-refractivity contribution is 5.92. The molecule has 2 fully saturated rings. The van der Waals surface area contributed by atoms with Gasteiger partial charge < -0.3 is 19.7 Å². The molecule has 2 heterocycles. The van der Waals surface area contributed by atoms with E-state index in [1.54, 1.807) is 0 Å². The molecule has 0 unspecified atom stereocenters. The number of hydrogen-bond acceptors (Lipinski definition) is 4. The predicted octanol–water partition coefficient (Wildman–Crippen LogP) is 3.52. The van der Waals surface area contributed by atoms with Crippen LogP contribution in [0.15, 0.2) is 48.5 Å². The van der Waals surface area contributed by atoms with E-state index in [4.69, 9.17) is 9.47 Å². The number of carbonyl (C=O) groups excluding carboxylic acids is 1. The number of rotatable bonds is 4. The Bertz CT molecular complexity index is 787. The van der Waals surface area contributed by atoms with Gasteiger partial charge in [0, 0.05) is 37.3 Å². The van der Waals surface area contributed by atoms with E-state index in [0.717, 1.165) is 42.7 Å². The van der Waals surface area contributed by atoms with Gasteiger partial charge in [-0.05, 0) is 42.3 Å². The Morgan fingerprint density at radius 3 is 2.37 bits per heavy atom. The Morgan fingerprint density at radius 2 is 1.70 bits per heavy atom. The zero-order valence-electron chi connectivity index (χ0n) is 15.7. The molecule has 0 aliphatic carbocycles. The molecule has 5 nitrogen and oxygen atoms in total. The highest BCUT2D eigenvalue weighted by Gasteiger charge is 2.39. The lowest BCUT2D eigenvalue weighted by molar-refractivity contribution is -0.169. The Morgan fingerprint density at radius 1 is 1.04 bits per heavy atom. The van der Waals surface area contributed by atoms with E-state index in [2.05, 4.69) is 22.3 Å². The molecule has 2 saturated heterocycles. The number of anilines is 2. The van der Waals surface area contributed by atoms with Crippen molar-refractivity contribution in [1.29, 1.82) is 0 Å². The lowest BCUT2D eigenvalue weighted by Crippen LogP contribution is -2.45. The molecule has 2 aliphatic heterocycles. The van der Waals surface area contributed by atoms with Crippen LogP contribution in [0.25, 0.3) is 0 Å². The monoisotopic (exact) mass is 366 g/mol. The van der Waals surface area contributed by atoms with Gasteiger partial charge in [0.05, 0.1) is 19.6 Å². The molecule has 0 aromatic heterocycles. The minimum absolute atomic E-state index is 0.00694. The normalized spacial score (nSPS) is 18.6. The third-order valence-electron chi connectivity index (χ3n) is 5.47. The summed E-state index contributed by atoms with van der Waals surface area (Å²) in [5.41, 5.74) is 4.19.